The largest absolute Gasteiger partial charge is 0.389 e. The molecule has 1 atom stereocenters. The lowest BCUT2D eigenvalue weighted by atomic mass is 10.0. The molecule has 20 heavy (non-hydrogen) atoms. The molecule has 1 amide bonds. The van der Waals surface area contributed by atoms with Crippen LogP contribution in [0.4, 0.5) is 5.69 Å². The maximum absolute atomic E-state index is 11.0. The van der Waals surface area contributed by atoms with Crippen molar-refractivity contribution >= 4 is 23.2 Å². The molecule has 1 aliphatic rings. The van der Waals surface area contributed by atoms with Gasteiger partial charge >= 0.3 is 0 Å². The van der Waals surface area contributed by atoms with Crippen LogP contribution in [0.3, 0.4) is 0 Å². The first-order chi connectivity index (χ1) is 9.47. The summed E-state index contributed by atoms with van der Waals surface area (Å²) < 4.78 is 0. The predicted molar refractivity (Wildman–Crippen MR) is 81.1 cm³/mol. The van der Waals surface area contributed by atoms with Crippen LogP contribution in [0.5, 0.6) is 0 Å². The number of hydrogen-bond acceptors (Lipinski definition) is 3. The molecule has 4 nitrogen and oxygen atoms in total. The van der Waals surface area contributed by atoms with Gasteiger partial charge in [-0.25, -0.2) is 0 Å². The van der Waals surface area contributed by atoms with Crippen molar-refractivity contribution in [2.24, 2.45) is 0 Å². The van der Waals surface area contributed by atoms with Crippen molar-refractivity contribution in [3.8, 4) is 0 Å². The third-order valence-corrected chi connectivity index (χ3v) is 4.00. The van der Waals surface area contributed by atoms with Gasteiger partial charge in [0.25, 0.3) is 0 Å². The van der Waals surface area contributed by atoms with Crippen molar-refractivity contribution in [3.63, 3.8) is 0 Å². The van der Waals surface area contributed by atoms with Crippen molar-refractivity contribution in [2.45, 2.75) is 38.8 Å². The Hall–Kier alpha value is -1.26. The van der Waals surface area contributed by atoms with Crippen molar-refractivity contribution < 1.29 is 9.90 Å². The standard InChI is InChI=1S/C15H21ClN2O2/c1-10(19)12-3-4-15(14(16)9-12)18-7-5-13(6-8-18)17-11(2)20/h3-4,9-10,13,19H,5-8H2,1-2H3,(H,17,20)/t10-/m1/s1. The second-order valence-corrected chi connectivity index (χ2v) is 5.76. The lowest BCUT2D eigenvalue weighted by Crippen LogP contribution is -2.44. The molecule has 2 N–H and O–H groups in total. The van der Waals surface area contributed by atoms with Crippen LogP contribution in [0.25, 0.3) is 0 Å². The Kier molecular flexibility index (Phi) is 4.89. The van der Waals surface area contributed by atoms with Crippen LogP contribution >= 0.6 is 11.6 Å². The van der Waals surface area contributed by atoms with E-state index in [1.54, 1.807) is 13.8 Å². The number of rotatable bonds is 3. The number of piperidine rings is 1. The lowest BCUT2D eigenvalue weighted by molar-refractivity contribution is -0.119. The van der Waals surface area contributed by atoms with Gasteiger partial charge in [-0.2, -0.15) is 0 Å². The Bertz CT molecular complexity index is 483. The Morgan fingerprint density at radius 1 is 1.45 bits per heavy atom. The number of benzene rings is 1. The summed E-state index contributed by atoms with van der Waals surface area (Å²) >= 11 is 6.31. The molecule has 0 aliphatic carbocycles. The fourth-order valence-corrected chi connectivity index (χ4v) is 2.90. The third kappa shape index (κ3) is 3.64. The van der Waals surface area contributed by atoms with E-state index in [9.17, 15) is 9.90 Å². The molecule has 0 saturated carbocycles. The van der Waals surface area contributed by atoms with Crippen LogP contribution in [-0.2, 0) is 4.79 Å². The number of hydrogen-bond donors (Lipinski definition) is 2. The molecule has 0 radical (unpaired) electrons. The Labute approximate surface area is 124 Å². The van der Waals surface area contributed by atoms with Crippen molar-refractivity contribution in [2.75, 3.05) is 18.0 Å². The number of nitrogens with one attached hydrogen (secondary N) is 1. The van der Waals surface area contributed by atoms with Crippen LogP contribution in [0.2, 0.25) is 5.02 Å². The third-order valence-electron chi connectivity index (χ3n) is 3.70. The number of amides is 1. The molecule has 0 bridgehead atoms. The first-order valence-electron chi connectivity index (χ1n) is 6.97. The molecule has 5 heteroatoms. The van der Waals surface area contributed by atoms with E-state index in [1.807, 2.05) is 18.2 Å². The number of nitrogens with zero attached hydrogens (tertiary/aromatic N) is 1. The molecule has 110 valence electrons. The lowest BCUT2D eigenvalue weighted by Gasteiger charge is -2.34. The summed E-state index contributed by atoms with van der Waals surface area (Å²) in [6, 6.07) is 5.95. The fourth-order valence-electron chi connectivity index (χ4n) is 2.59. The van der Waals surface area contributed by atoms with E-state index >= 15 is 0 Å². The van der Waals surface area contributed by atoms with Crippen molar-refractivity contribution in [1.29, 1.82) is 0 Å². The summed E-state index contributed by atoms with van der Waals surface area (Å²) in [5, 5.41) is 13.2. The van der Waals surface area contributed by atoms with Gasteiger partial charge in [0.05, 0.1) is 16.8 Å². The molecule has 1 heterocycles. The second kappa shape index (κ2) is 6.46. The summed E-state index contributed by atoms with van der Waals surface area (Å²) in [6.45, 7) is 5.03. The minimum Gasteiger partial charge on any atom is -0.389 e. The number of aliphatic hydroxyl groups is 1. The van der Waals surface area contributed by atoms with Crippen LogP contribution < -0.4 is 10.2 Å². The first-order valence-corrected chi connectivity index (χ1v) is 7.34. The molecule has 2 rings (SSSR count). The quantitative estimate of drug-likeness (QED) is 0.901. The first kappa shape index (κ1) is 15.1. The highest BCUT2D eigenvalue weighted by Crippen LogP contribution is 2.30. The van der Waals surface area contributed by atoms with E-state index in [2.05, 4.69) is 10.2 Å². The van der Waals surface area contributed by atoms with Crippen LogP contribution in [0.1, 0.15) is 38.4 Å². The minimum absolute atomic E-state index is 0.0303. The molecular formula is C15H21ClN2O2. The summed E-state index contributed by atoms with van der Waals surface area (Å²) in [6.07, 6.45) is 1.34. The summed E-state index contributed by atoms with van der Waals surface area (Å²) in [5.41, 5.74) is 1.82. The Balaban J connectivity index is 2.02. The monoisotopic (exact) mass is 296 g/mol. The molecular weight excluding hydrogens is 276 g/mol. The maximum atomic E-state index is 11.0. The zero-order chi connectivity index (χ0) is 14.7. The second-order valence-electron chi connectivity index (χ2n) is 5.35. The molecule has 0 aromatic heterocycles. The Morgan fingerprint density at radius 3 is 2.60 bits per heavy atom. The fraction of sp³-hybridized carbons (Fsp3) is 0.533. The zero-order valence-corrected chi connectivity index (χ0v) is 12.7. The van der Waals surface area contributed by atoms with E-state index in [4.69, 9.17) is 11.6 Å². The topological polar surface area (TPSA) is 52.6 Å². The number of halogens is 1. The van der Waals surface area contributed by atoms with Gasteiger partial charge < -0.3 is 15.3 Å². The number of aliphatic hydroxyl groups excluding tert-OH is 1. The van der Waals surface area contributed by atoms with Crippen molar-refractivity contribution in [3.05, 3.63) is 28.8 Å². The molecule has 0 unspecified atom stereocenters. The molecule has 1 saturated heterocycles. The number of anilines is 1. The molecule has 1 aromatic rings. The smallest absolute Gasteiger partial charge is 0.217 e. The average molecular weight is 297 g/mol. The van der Waals surface area contributed by atoms with Gasteiger partial charge in [-0.1, -0.05) is 17.7 Å². The molecule has 1 aliphatic heterocycles. The van der Waals surface area contributed by atoms with Crippen LogP contribution in [0, 0.1) is 0 Å². The highest BCUT2D eigenvalue weighted by atomic mass is 35.5. The van der Waals surface area contributed by atoms with E-state index in [-0.39, 0.29) is 11.9 Å². The highest BCUT2D eigenvalue weighted by Gasteiger charge is 2.21. The maximum Gasteiger partial charge on any atom is 0.217 e. The van der Waals surface area contributed by atoms with Gasteiger partial charge in [-0.05, 0) is 37.5 Å². The average Bonchev–Trinajstić information content (AvgIpc) is 2.39. The van der Waals surface area contributed by atoms with Crippen molar-refractivity contribution in [1.82, 2.24) is 5.32 Å². The van der Waals surface area contributed by atoms with Gasteiger partial charge in [-0.15, -0.1) is 0 Å². The predicted octanol–water partition coefficient (Wildman–Crippen LogP) is 2.50. The SMILES string of the molecule is CC(=O)NC1CCN(c2ccc([C@@H](C)O)cc2Cl)CC1. The van der Waals surface area contributed by atoms with Gasteiger partial charge in [0.2, 0.25) is 5.91 Å². The van der Waals surface area contributed by atoms with E-state index < -0.39 is 6.10 Å². The van der Waals surface area contributed by atoms with E-state index in [0.717, 1.165) is 37.2 Å². The Morgan fingerprint density at radius 2 is 2.10 bits per heavy atom. The van der Waals surface area contributed by atoms with E-state index in [1.165, 1.54) is 0 Å². The minimum atomic E-state index is -0.507. The molecule has 1 fully saturated rings. The van der Waals surface area contributed by atoms with Gasteiger partial charge in [0.1, 0.15) is 0 Å². The molecule has 0 spiro atoms. The number of carbonyl (C=O) groups is 1. The zero-order valence-electron chi connectivity index (χ0n) is 11.9. The van der Waals surface area contributed by atoms with Gasteiger partial charge in [-0.3, -0.25) is 4.79 Å². The number of carbonyl (C=O) groups excluding carboxylic acids is 1. The van der Waals surface area contributed by atoms with E-state index in [0.29, 0.717) is 5.02 Å². The van der Waals surface area contributed by atoms with Gasteiger partial charge in [0, 0.05) is 26.1 Å². The normalized spacial score (nSPS) is 17.9. The highest BCUT2D eigenvalue weighted by molar-refractivity contribution is 6.33. The summed E-state index contributed by atoms with van der Waals surface area (Å²) in [7, 11) is 0. The summed E-state index contributed by atoms with van der Waals surface area (Å²) in [4.78, 5) is 13.3. The summed E-state index contributed by atoms with van der Waals surface area (Å²) in [5.74, 6) is 0.0303. The molecule has 1 aromatic carbocycles. The van der Waals surface area contributed by atoms with Crippen LogP contribution in [-0.4, -0.2) is 30.1 Å². The van der Waals surface area contributed by atoms with Gasteiger partial charge in [0.15, 0.2) is 0 Å². The van der Waals surface area contributed by atoms with Crippen LogP contribution in [0.15, 0.2) is 18.2 Å².